The average Bonchev–Trinajstić information content (AvgIpc) is 2.88. The second-order valence-corrected chi connectivity index (χ2v) is 4.76. The zero-order valence-electron chi connectivity index (χ0n) is 10.2. The minimum Gasteiger partial charge on any atom is -0.324 e. The zero-order chi connectivity index (χ0) is 14.1. The molecular weight excluding hydrogens is 282 g/mol. The molecule has 1 aromatic carbocycles. The summed E-state index contributed by atoms with van der Waals surface area (Å²) < 4.78 is 1.53. The molecule has 0 fully saturated rings. The van der Waals surface area contributed by atoms with Crippen LogP contribution in [-0.4, -0.2) is 26.6 Å². The molecule has 2 amide bonds. The summed E-state index contributed by atoms with van der Waals surface area (Å²) in [5.74, 6) is -0.289. The number of carbonyl (C=O) groups excluding carboxylic acids is 2. The first kappa shape index (κ1) is 12.6. The van der Waals surface area contributed by atoms with Crippen LogP contribution in [0, 0.1) is 0 Å². The number of halogens is 1. The Morgan fingerprint density at radius 2 is 2.15 bits per heavy atom. The lowest BCUT2D eigenvalue weighted by molar-refractivity contribution is -0.125. The Labute approximate surface area is 118 Å². The number of rotatable bonds is 2. The summed E-state index contributed by atoms with van der Waals surface area (Å²) in [5.41, 5.74) is 0.611. The largest absolute Gasteiger partial charge is 0.324 e. The third-order valence-corrected chi connectivity index (χ3v) is 3.21. The van der Waals surface area contributed by atoms with E-state index in [1.807, 2.05) is 0 Å². The van der Waals surface area contributed by atoms with Gasteiger partial charge in [-0.25, -0.2) is 0 Å². The average molecular weight is 292 g/mol. The smallest absolute Gasteiger partial charge is 0.248 e. The Bertz CT molecular complexity index is 667. The number of benzene rings is 1. The fourth-order valence-corrected chi connectivity index (χ4v) is 2.11. The first-order chi connectivity index (χ1) is 9.63. The minimum atomic E-state index is -0.663. The van der Waals surface area contributed by atoms with Crippen molar-refractivity contribution in [2.24, 2.45) is 0 Å². The standard InChI is InChI=1S/C12H10ClN5O2/c13-7-1-3-8(4-2-7)15-11(20)9-5-10(19)16-12-17-14-6-18(9)12/h1-4,6,9H,5H2,(H,15,20)(H,16,17,19)/t9-/m1/s1. The van der Waals surface area contributed by atoms with Crippen molar-refractivity contribution in [3.63, 3.8) is 0 Å². The molecule has 2 N–H and O–H groups in total. The number of nitrogens with one attached hydrogen (secondary N) is 2. The predicted molar refractivity (Wildman–Crippen MR) is 72.4 cm³/mol. The maximum atomic E-state index is 12.3. The number of hydrogen-bond donors (Lipinski definition) is 2. The van der Waals surface area contributed by atoms with Gasteiger partial charge >= 0.3 is 0 Å². The first-order valence-electron chi connectivity index (χ1n) is 5.89. The van der Waals surface area contributed by atoms with E-state index in [2.05, 4.69) is 20.8 Å². The van der Waals surface area contributed by atoms with Crippen LogP contribution in [0.3, 0.4) is 0 Å². The molecule has 1 aliphatic rings. The topological polar surface area (TPSA) is 88.9 Å². The van der Waals surface area contributed by atoms with Gasteiger partial charge in [0, 0.05) is 10.7 Å². The molecule has 20 heavy (non-hydrogen) atoms. The van der Waals surface area contributed by atoms with E-state index in [1.54, 1.807) is 24.3 Å². The Balaban J connectivity index is 1.81. The molecule has 0 saturated carbocycles. The Morgan fingerprint density at radius 1 is 1.40 bits per heavy atom. The third-order valence-electron chi connectivity index (χ3n) is 2.95. The van der Waals surface area contributed by atoms with Crippen LogP contribution in [0.2, 0.25) is 5.02 Å². The van der Waals surface area contributed by atoms with E-state index >= 15 is 0 Å². The van der Waals surface area contributed by atoms with Crippen molar-refractivity contribution in [3.8, 4) is 0 Å². The number of aromatic nitrogens is 3. The van der Waals surface area contributed by atoms with Crippen LogP contribution in [-0.2, 0) is 9.59 Å². The van der Waals surface area contributed by atoms with Crippen LogP contribution >= 0.6 is 11.6 Å². The SMILES string of the molecule is O=C1C[C@H](C(=O)Nc2ccc(Cl)cc2)n2cnnc2N1. The second kappa shape index (κ2) is 4.93. The Kier molecular flexibility index (Phi) is 3.11. The lowest BCUT2D eigenvalue weighted by atomic mass is 10.1. The van der Waals surface area contributed by atoms with E-state index in [1.165, 1.54) is 10.9 Å². The lowest BCUT2D eigenvalue weighted by Gasteiger charge is -2.23. The van der Waals surface area contributed by atoms with Gasteiger partial charge in [0.2, 0.25) is 17.8 Å². The minimum absolute atomic E-state index is 0.0461. The molecule has 3 rings (SSSR count). The number of anilines is 2. The van der Waals surface area contributed by atoms with Gasteiger partial charge in [0.1, 0.15) is 12.4 Å². The van der Waals surface area contributed by atoms with E-state index in [-0.39, 0.29) is 24.2 Å². The summed E-state index contributed by atoms with van der Waals surface area (Å²) in [5, 5.41) is 13.3. The molecule has 1 atom stereocenters. The quantitative estimate of drug-likeness (QED) is 0.876. The van der Waals surface area contributed by atoms with Gasteiger partial charge in [-0.05, 0) is 24.3 Å². The van der Waals surface area contributed by atoms with Gasteiger partial charge in [-0.15, -0.1) is 10.2 Å². The molecule has 0 radical (unpaired) electrons. The summed E-state index contributed by atoms with van der Waals surface area (Å²) >= 11 is 5.78. The molecule has 2 heterocycles. The van der Waals surface area contributed by atoms with Crippen molar-refractivity contribution in [3.05, 3.63) is 35.6 Å². The molecule has 0 saturated heterocycles. The van der Waals surface area contributed by atoms with Gasteiger partial charge in [0.25, 0.3) is 0 Å². The molecule has 1 aromatic heterocycles. The highest BCUT2D eigenvalue weighted by Gasteiger charge is 2.31. The van der Waals surface area contributed by atoms with E-state index < -0.39 is 6.04 Å². The maximum Gasteiger partial charge on any atom is 0.248 e. The molecular formula is C12H10ClN5O2. The molecule has 8 heteroatoms. The normalized spacial score (nSPS) is 17.2. The van der Waals surface area contributed by atoms with Gasteiger partial charge in [-0.1, -0.05) is 11.6 Å². The van der Waals surface area contributed by atoms with Crippen molar-refractivity contribution in [2.45, 2.75) is 12.5 Å². The lowest BCUT2D eigenvalue weighted by Crippen LogP contribution is -2.35. The molecule has 1 aliphatic heterocycles. The fraction of sp³-hybridized carbons (Fsp3) is 0.167. The Hall–Kier alpha value is -2.41. The predicted octanol–water partition coefficient (Wildman–Crippen LogP) is 1.45. The fourth-order valence-electron chi connectivity index (χ4n) is 1.99. The van der Waals surface area contributed by atoms with Gasteiger partial charge in [-0.3, -0.25) is 19.5 Å². The van der Waals surface area contributed by atoms with Crippen LogP contribution in [0.1, 0.15) is 12.5 Å². The Morgan fingerprint density at radius 3 is 2.90 bits per heavy atom. The summed E-state index contributed by atoms with van der Waals surface area (Å²) in [7, 11) is 0. The second-order valence-electron chi connectivity index (χ2n) is 4.33. The summed E-state index contributed by atoms with van der Waals surface area (Å²) in [6.07, 6.45) is 1.46. The number of fused-ring (bicyclic) bond motifs is 1. The van der Waals surface area contributed by atoms with Crippen LogP contribution in [0.25, 0.3) is 0 Å². The summed E-state index contributed by atoms with van der Waals surface area (Å²) in [6.45, 7) is 0. The van der Waals surface area contributed by atoms with Crippen LogP contribution < -0.4 is 10.6 Å². The van der Waals surface area contributed by atoms with Crippen molar-refractivity contribution >= 4 is 35.1 Å². The maximum absolute atomic E-state index is 12.3. The highest BCUT2D eigenvalue weighted by molar-refractivity contribution is 6.30. The molecule has 0 bridgehead atoms. The third kappa shape index (κ3) is 2.35. The molecule has 0 unspecified atom stereocenters. The van der Waals surface area contributed by atoms with Crippen molar-refractivity contribution in [2.75, 3.05) is 10.6 Å². The summed E-state index contributed by atoms with van der Waals surface area (Å²) in [6, 6.07) is 6.07. The van der Waals surface area contributed by atoms with E-state index in [4.69, 9.17) is 11.6 Å². The van der Waals surface area contributed by atoms with Crippen molar-refractivity contribution < 1.29 is 9.59 Å². The van der Waals surface area contributed by atoms with Gasteiger partial charge < -0.3 is 5.32 Å². The molecule has 0 spiro atoms. The molecule has 102 valence electrons. The summed E-state index contributed by atoms with van der Waals surface area (Å²) in [4.78, 5) is 23.8. The number of nitrogens with zero attached hydrogens (tertiary/aromatic N) is 3. The molecule has 7 nitrogen and oxygen atoms in total. The highest BCUT2D eigenvalue weighted by atomic mass is 35.5. The zero-order valence-corrected chi connectivity index (χ0v) is 11.0. The molecule has 2 aromatic rings. The van der Waals surface area contributed by atoms with Gasteiger partial charge in [0.05, 0.1) is 6.42 Å². The van der Waals surface area contributed by atoms with Crippen LogP contribution in [0.4, 0.5) is 11.6 Å². The number of hydrogen-bond acceptors (Lipinski definition) is 4. The van der Waals surface area contributed by atoms with Gasteiger partial charge in [0.15, 0.2) is 0 Å². The highest BCUT2D eigenvalue weighted by Crippen LogP contribution is 2.24. The van der Waals surface area contributed by atoms with Crippen molar-refractivity contribution in [1.29, 1.82) is 0 Å². The van der Waals surface area contributed by atoms with E-state index in [0.29, 0.717) is 10.7 Å². The van der Waals surface area contributed by atoms with E-state index in [9.17, 15) is 9.59 Å². The van der Waals surface area contributed by atoms with Crippen LogP contribution in [0.15, 0.2) is 30.6 Å². The first-order valence-corrected chi connectivity index (χ1v) is 6.27. The van der Waals surface area contributed by atoms with Gasteiger partial charge in [-0.2, -0.15) is 0 Å². The number of carbonyl (C=O) groups is 2. The van der Waals surface area contributed by atoms with Crippen molar-refractivity contribution in [1.82, 2.24) is 14.8 Å². The van der Waals surface area contributed by atoms with E-state index in [0.717, 1.165) is 0 Å². The monoisotopic (exact) mass is 291 g/mol. The number of amides is 2. The van der Waals surface area contributed by atoms with Crippen LogP contribution in [0.5, 0.6) is 0 Å². The molecule has 0 aliphatic carbocycles.